The number of ether oxygens (including phenoxy) is 2. The van der Waals surface area contributed by atoms with Crippen molar-refractivity contribution in [1.82, 2.24) is 14.9 Å². The van der Waals surface area contributed by atoms with Gasteiger partial charge in [0.1, 0.15) is 0 Å². The minimum absolute atomic E-state index is 0.0484. The van der Waals surface area contributed by atoms with E-state index in [0.29, 0.717) is 5.69 Å². The number of carbonyl (C=O) groups is 2. The van der Waals surface area contributed by atoms with Crippen molar-refractivity contribution in [2.24, 2.45) is 0 Å². The second-order valence-electron chi connectivity index (χ2n) is 3.61. The molecule has 8 heteroatoms. The van der Waals surface area contributed by atoms with Crippen molar-refractivity contribution in [3.05, 3.63) is 23.2 Å². The van der Waals surface area contributed by atoms with Crippen LogP contribution in [0.5, 0.6) is 0 Å². The van der Waals surface area contributed by atoms with Crippen LogP contribution in [-0.4, -0.2) is 54.1 Å². The fourth-order valence-electron chi connectivity index (χ4n) is 1.35. The zero-order chi connectivity index (χ0) is 14.3. The van der Waals surface area contributed by atoms with Gasteiger partial charge in [-0.3, -0.25) is 14.5 Å². The molecule has 104 valence electrons. The lowest BCUT2D eigenvalue weighted by Gasteiger charge is -2.18. The van der Waals surface area contributed by atoms with E-state index < -0.39 is 11.9 Å². The fraction of sp³-hybridized carbons (Fsp3) is 0.455. The summed E-state index contributed by atoms with van der Waals surface area (Å²) in [6, 6.07) is 1.65. The molecule has 1 aromatic heterocycles. The molecule has 1 heterocycles. The molecule has 0 saturated carbocycles. The molecule has 0 aliphatic carbocycles. The molecule has 1 rings (SSSR count). The predicted octanol–water partition coefficient (Wildman–Crippen LogP) is 0.278. The second-order valence-corrected chi connectivity index (χ2v) is 3.95. The Labute approximate surface area is 115 Å². The van der Waals surface area contributed by atoms with Crippen LogP contribution < -0.4 is 0 Å². The number of esters is 2. The van der Waals surface area contributed by atoms with E-state index in [9.17, 15) is 9.59 Å². The highest BCUT2D eigenvalue weighted by Crippen LogP contribution is 2.05. The number of hydrogen-bond acceptors (Lipinski definition) is 7. The molecular weight excluding hydrogens is 274 g/mol. The second kappa shape index (κ2) is 7.65. The molecule has 0 aromatic carbocycles. The summed E-state index contributed by atoms with van der Waals surface area (Å²) >= 11 is 5.67. The zero-order valence-corrected chi connectivity index (χ0v) is 11.4. The number of halogens is 1. The lowest BCUT2D eigenvalue weighted by molar-refractivity contribution is -0.145. The van der Waals surface area contributed by atoms with Gasteiger partial charge in [0, 0.05) is 12.7 Å². The first kappa shape index (κ1) is 15.3. The van der Waals surface area contributed by atoms with E-state index in [-0.39, 0.29) is 24.9 Å². The molecule has 0 N–H and O–H groups in total. The first-order valence-corrected chi connectivity index (χ1v) is 5.76. The van der Waals surface area contributed by atoms with Crippen LogP contribution in [-0.2, 0) is 25.6 Å². The van der Waals surface area contributed by atoms with Crippen LogP contribution >= 0.6 is 11.6 Å². The molecule has 0 saturated heterocycles. The Bertz CT molecular complexity index is 437. The maximum Gasteiger partial charge on any atom is 0.319 e. The van der Waals surface area contributed by atoms with Crippen LogP contribution in [0.3, 0.4) is 0 Å². The van der Waals surface area contributed by atoms with Gasteiger partial charge in [-0.2, -0.15) is 0 Å². The number of carbonyl (C=O) groups excluding carboxylic acids is 2. The zero-order valence-electron chi connectivity index (χ0n) is 10.6. The van der Waals surface area contributed by atoms with Gasteiger partial charge in [-0.25, -0.2) is 9.97 Å². The molecular formula is C11H14ClN3O4. The van der Waals surface area contributed by atoms with Crippen LogP contribution in [0.1, 0.15) is 5.69 Å². The smallest absolute Gasteiger partial charge is 0.319 e. The Morgan fingerprint density at radius 3 is 2.32 bits per heavy atom. The Hall–Kier alpha value is -1.73. The third kappa shape index (κ3) is 5.62. The van der Waals surface area contributed by atoms with Crippen LogP contribution in [0.25, 0.3) is 0 Å². The fourth-order valence-corrected chi connectivity index (χ4v) is 1.51. The van der Waals surface area contributed by atoms with Gasteiger partial charge in [-0.15, -0.1) is 0 Å². The summed E-state index contributed by atoms with van der Waals surface area (Å²) in [6.07, 6.45) is 1.50. The number of aromatic nitrogens is 2. The Morgan fingerprint density at radius 1 is 1.26 bits per heavy atom. The molecule has 1 aromatic rings. The lowest BCUT2D eigenvalue weighted by atomic mass is 10.3. The van der Waals surface area contributed by atoms with Gasteiger partial charge in [0.15, 0.2) is 0 Å². The maximum atomic E-state index is 11.3. The molecule has 19 heavy (non-hydrogen) atoms. The first-order valence-electron chi connectivity index (χ1n) is 5.38. The van der Waals surface area contributed by atoms with Crippen molar-refractivity contribution >= 4 is 23.5 Å². The molecule has 0 amide bonds. The van der Waals surface area contributed by atoms with E-state index in [0.717, 1.165) is 0 Å². The normalized spacial score (nSPS) is 10.3. The van der Waals surface area contributed by atoms with Gasteiger partial charge in [0.25, 0.3) is 0 Å². The molecule has 0 unspecified atom stereocenters. The van der Waals surface area contributed by atoms with Crippen molar-refractivity contribution in [3.63, 3.8) is 0 Å². The molecule has 7 nitrogen and oxygen atoms in total. The first-order chi connectivity index (χ1) is 9.05. The van der Waals surface area contributed by atoms with Gasteiger partial charge < -0.3 is 9.47 Å². The molecule has 0 aliphatic rings. The highest BCUT2D eigenvalue weighted by atomic mass is 35.5. The van der Waals surface area contributed by atoms with E-state index in [1.54, 1.807) is 6.07 Å². The largest absolute Gasteiger partial charge is 0.468 e. The number of hydrogen-bond donors (Lipinski definition) is 0. The summed E-state index contributed by atoms with van der Waals surface area (Å²) in [4.78, 5) is 31.8. The van der Waals surface area contributed by atoms with Crippen LogP contribution in [0.2, 0.25) is 5.28 Å². The van der Waals surface area contributed by atoms with Crippen molar-refractivity contribution in [1.29, 1.82) is 0 Å². The summed E-state index contributed by atoms with van der Waals surface area (Å²) in [5.74, 6) is -0.909. The number of rotatable bonds is 6. The van der Waals surface area contributed by atoms with Crippen LogP contribution in [0.4, 0.5) is 0 Å². The van der Waals surface area contributed by atoms with Crippen molar-refractivity contribution in [2.45, 2.75) is 6.54 Å². The van der Waals surface area contributed by atoms with Crippen molar-refractivity contribution < 1.29 is 19.1 Å². The third-order valence-electron chi connectivity index (χ3n) is 2.23. The average Bonchev–Trinajstić information content (AvgIpc) is 2.38. The number of nitrogens with zero attached hydrogens (tertiary/aromatic N) is 3. The topological polar surface area (TPSA) is 81.6 Å². The maximum absolute atomic E-state index is 11.3. The van der Waals surface area contributed by atoms with E-state index in [4.69, 9.17) is 11.6 Å². The van der Waals surface area contributed by atoms with E-state index in [1.807, 2.05) is 0 Å². The van der Waals surface area contributed by atoms with Crippen LogP contribution in [0.15, 0.2) is 12.3 Å². The molecule has 0 bridgehead atoms. The Morgan fingerprint density at radius 2 is 1.84 bits per heavy atom. The third-order valence-corrected chi connectivity index (χ3v) is 2.41. The molecule has 0 radical (unpaired) electrons. The summed E-state index contributed by atoms with van der Waals surface area (Å²) < 4.78 is 9.13. The molecule has 0 atom stereocenters. The van der Waals surface area contributed by atoms with Gasteiger partial charge >= 0.3 is 11.9 Å². The van der Waals surface area contributed by atoms with Gasteiger partial charge in [-0.1, -0.05) is 0 Å². The highest BCUT2D eigenvalue weighted by Gasteiger charge is 2.16. The quantitative estimate of drug-likeness (QED) is 0.549. The van der Waals surface area contributed by atoms with E-state index in [1.165, 1.54) is 25.3 Å². The van der Waals surface area contributed by atoms with Gasteiger partial charge in [0.2, 0.25) is 5.28 Å². The standard InChI is InChI=1S/C11H14ClN3O4/c1-18-9(16)6-15(7-10(17)19-2)5-8-3-4-13-11(12)14-8/h3-4H,5-7H2,1-2H3. The van der Waals surface area contributed by atoms with Crippen molar-refractivity contribution in [3.8, 4) is 0 Å². The van der Waals surface area contributed by atoms with Crippen molar-refractivity contribution in [2.75, 3.05) is 27.3 Å². The average molecular weight is 288 g/mol. The van der Waals surface area contributed by atoms with E-state index in [2.05, 4.69) is 19.4 Å². The van der Waals surface area contributed by atoms with E-state index >= 15 is 0 Å². The highest BCUT2D eigenvalue weighted by molar-refractivity contribution is 6.28. The SMILES string of the molecule is COC(=O)CN(CC(=O)OC)Cc1ccnc(Cl)n1. The molecule has 0 spiro atoms. The number of methoxy groups -OCH3 is 2. The minimum Gasteiger partial charge on any atom is -0.468 e. The summed E-state index contributed by atoms with van der Waals surface area (Å²) in [5, 5.41) is 0.105. The van der Waals surface area contributed by atoms with Gasteiger partial charge in [-0.05, 0) is 17.7 Å². The molecule has 0 aliphatic heterocycles. The minimum atomic E-state index is -0.455. The summed E-state index contributed by atoms with van der Waals surface area (Å²) in [7, 11) is 2.56. The van der Waals surface area contributed by atoms with Gasteiger partial charge in [0.05, 0.1) is 33.0 Å². The summed E-state index contributed by atoms with van der Waals surface area (Å²) in [5.41, 5.74) is 0.591. The Kier molecular flexibility index (Phi) is 6.17. The summed E-state index contributed by atoms with van der Waals surface area (Å²) in [6.45, 7) is 0.160. The lowest BCUT2D eigenvalue weighted by Crippen LogP contribution is -2.35. The Balaban J connectivity index is 2.72. The molecule has 0 fully saturated rings. The van der Waals surface area contributed by atoms with Crippen LogP contribution in [0, 0.1) is 0 Å². The predicted molar refractivity (Wildman–Crippen MR) is 66.4 cm³/mol. The monoisotopic (exact) mass is 287 g/mol.